The summed E-state index contributed by atoms with van der Waals surface area (Å²) in [6, 6.07) is 1.70. The van der Waals surface area contributed by atoms with Crippen LogP contribution in [0, 0.1) is 12.8 Å². The molecule has 2 atom stereocenters. The van der Waals surface area contributed by atoms with Gasteiger partial charge in [-0.05, 0) is 57.9 Å². The van der Waals surface area contributed by atoms with Crippen molar-refractivity contribution in [2.24, 2.45) is 18.0 Å². The number of unbranched alkanes of at least 4 members (excludes halogenated alkanes) is 1. The van der Waals surface area contributed by atoms with E-state index in [2.05, 4.69) is 32.2 Å². The zero-order chi connectivity index (χ0) is 19.5. The number of hydrogen-bond acceptors (Lipinski definition) is 4. The van der Waals surface area contributed by atoms with Crippen molar-refractivity contribution in [3.05, 3.63) is 11.6 Å². The van der Waals surface area contributed by atoms with Gasteiger partial charge in [0.25, 0.3) is 0 Å². The molecule has 1 N–H and O–H groups in total. The molecule has 3 heterocycles. The molecule has 29 heavy (non-hydrogen) atoms. The summed E-state index contributed by atoms with van der Waals surface area (Å²) < 4.78 is 2.04. The Kier molecular flexibility index (Phi) is 8.18. The van der Waals surface area contributed by atoms with Gasteiger partial charge in [-0.15, -0.1) is 34.2 Å². The first kappa shape index (κ1) is 22.8. The van der Waals surface area contributed by atoms with Crippen molar-refractivity contribution in [1.29, 1.82) is 0 Å². The van der Waals surface area contributed by atoms with Crippen LogP contribution < -0.4 is 5.32 Å². The van der Waals surface area contributed by atoms with E-state index in [0.717, 1.165) is 55.2 Å². The topological polar surface area (TPSA) is 61.6 Å². The molecule has 2 aliphatic heterocycles. The van der Waals surface area contributed by atoms with Gasteiger partial charge in [0.15, 0.2) is 11.8 Å². The summed E-state index contributed by atoms with van der Waals surface area (Å²) in [4.78, 5) is 10.3. The smallest absolute Gasteiger partial charge is 0.194 e. The maximum absolute atomic E-state index is 4.96. The maximum atomic E-state index is 4.96. The van der Waals surface area contributed by atoms with Crippen LogP contribution in [-0.2, 0) is 13.6 Å². The Morgan fingerprint density at radius 2 is 2.00 bits per heavy atom. The summed E-state index contributed by atoms with van der Waals surface area (Å²) in [5.41, 5.74) is 0. The third-order valence-electron chi connectivity index (χ3n) is 6.79. The molecule has 0 bridgehead atoms. The number of rotatable bonds is 6. The minimum atomic E-state index is 0. The Hall–Kier alpha value is -0.900. The van der Waals surface area contributed by atoms with Crippen LogP contribution in [-0.4, -0.2) is 68.8 Å². The van der Waals surface area contributed by atoms with E-state index in [9.17, 15) is 0 Å². The van der Waals surface area contributed by atoms with Crippen LogP contribution in [0.2, 0.25) is 0 Å². The molecule has 1 saturated carbocycles. The number of likely N-dealkylation sites (tertiary alicyclic amines) is 2. The summed E-state index contributed by atoms with van der Waals surface area (Å²) in [5.74, 6) is 3.73. The number of guanidine groups is 1. The maximum Gasteiger partial charge on any atom is 0.194 e. The van der Waals surface area contributed by atoms with E-state index in [1.165, 1.54) is 51.5 Å². The van der Waals surface area contributed by atoms with Crippen LogP contribution in [0.4, 0.5) is 0 Å². The standard InChI is InChI=1S/C21H37N7.HI/c1-4-5-11-22-21(23-14-20-25-24-16(2)26(20)3)27-13-10-19-17(15-27)7-6-12-28(19)18-8-9-18;/h17-19H,4-15H2,1-3H3,(H,22,23);1H. The van der Waals surface area contributed by atoms with Gasteiger partial charge >= 0.3 is 0 Å². The van der Waals surface area contributed by atoms with Gasteiger partial charge in [-0.3, -0.25) is 4.90 Å². The summed E-state index contributed by atoms with van der Waals surface area (Å²) in [7, 11) is 2.02. The zero-order valence-corrected chi connectivity index (χ0v) is 20.6. The Balaban J connectivity index is 0.00000240. The van der Waals surface area contributed by atoms with Crippen molar-refractivity contribution in [2.75, 3.05) is 26.2 Å². The van der Waals surface area contributed by atoms with Crippen molar-refractivity contribution in [2.45, 2.75) is 77.4 Å². The molecule has 0 spiro atoms. The van der Waals surface area contributed by atoms with Crippen LogP contribution in [0.15, 0.2) is 4.99 Å². The third kappa shape index (κ3) is 5.42. The minimum absolute atomic E-state index is 0. The SMILES string of the molecule is CCCCNC(=NCc1nnc(C)n1C)N1CCC2C(CCCN2C2CC2)C1.I. The minimum Gasteiger partial charge on any atom is -0.356 e. The number of aliphatic imine (C=N–C) groups is 1. The lowest BCUT2D eigenvalue weighted by Gasteiger charge is -2.48. The molecular weight excluding hydrogens is 477 g/mol. The van der Waals surface area contributed by atoms with Crippen LogP contribution in [0.1, 0.15) is 63.5 Å². The highest BCUT2D eigenvalue weighted by atomic mass is 127. The molecule has 2 unspecified atom stereocenters. The second-order valence-electron chi connectivity index (χ2n) is 8.82. The fraction of sp³-hybridized carbons (Fsp3) is 0.857. The summed E-state index contributed by atoms with van der Waals surface area (Å²) in [5, 5.41) is 12.1. The quantitative estimate of drug-likeness (QED) is 0.273. The van der Waals surface area contributed by atoms with Gasteiger partial charge in [0.05, 0.1) is 0 Å². The largest absolute Gasteiger partial charge is 0.356 e. The third-order valence-corrected chi connectivity index (χ3v) is 6.79. The Morgan fingerprint density at radius 3 is 2.69 bits per heavy atom. The van der Waals surface area contributed by atoms with Gasteiger partial charge in [0, 0.05) is 38.8 Å². The second-order valence-corrected chi connectivity index (χ2v) is 8.82. The number of halogens is 1. The van der Waals surface area contributed by atoms with Crippen molar-refractivity contribution in [1.82, 2.24) is 29.9 Å². The Labute approximate surface area is 192 Å². The highest BCUT2D eigenvalue weighted by Crippen LogP contribution is 2.38. The molecule has 0 amide bonds. The Bertz CT molecular complexity index is 685. The number of hydrogen-bond donors (Lipinski definition) is 1. The number of nitrogens with one attached hydrogen (secondary N) is 1. The van der Waals surface area contributed by atoms with Crippen molar-refractivity contribution >= 4 is 29.9 Å². The fourth-order valence-corrected chi connectivity index (χ4v) is 4.87. The monoisotopic (exact) mass is 515 g/mol. The fourth-order valence-electron chi connectivity index (χ4n) is 4.87. The van der Waals surface area contributed by atoms with Crippen molar-refractivity contribution < 1.29 is 0 Å². The van der Waals surface area contributed by atoms with E-state index in [-0.39, 0.29) is 24.0 Å². The van der Waals surface area contributed by atoms with Crippen LogP contribution in [0.25, 0.3) is 0 Å². The van der Waals surface area contributed by atoms with Crippen molar-refractivity contribution in [3.8, 4) is 0 Å². The van der Waals surface area contributed by atoms with Crippen molar-refractivity contribution in [3.63, 3.8) is 0 Å². The highest BCUT2D eigenvalue weighted by molar-refractivity contribution is 14.0. The highest BCUT2D eigenvalue weighted by Gasteiger charge is 2.42. The number of nitrogens with zero attached hydrogens (tertiary/aromatic N) is 6. The van der Waals surface area contributed by atoms with Gasteiger partial charge in [-0.25, -0.2) is 4.99 Å². The second kappa shape index (κ2) is 10.4. The molecular formula is C21H38IN7. The predicted molar refractivity (Wildman–Crippen MR) is 128 cm³/mol. The predicted octanol–water partition coefficient (Wildman–Crippen LogP) is 2.94. The Morgan fingerprint density at radius 1 is 1.17 bits per heavy atom. The zero-order valence-electron chi connectivity index (χ0n) is 18.3. The lowest BCUT2D eigenvalue weighted by atomic mass is 9.83. The normalized spacial score (nSPS) is 25.5. The van der Waals surface area contributed by atoms with E-state index in [1.54, 1.807) is 0 Å². The molecule has 1 aromatic heterocycles. The van der Waals surface area contributed by atoms with E-state index in [0.29, 0.717) is 6.54 Å². The molecule has 4 rings (SSSR count). The van der Waals surface area contributed by atoms with Gasteiger partial charge in [-0.2, -0.15) is 0 Å². The summed E-state index contributed by atoms with van der Waals surface area (Å²) >= 11 is 0. The van der Waals surface area contributed by atoms with E-state index < -0.39 is 0 Å². The number of aryl methyl sites for hydroxylation is 1. The first-order valence-corrected chi connectivity index (χ1v) is 11.3. The molecule has 8 heteroatoms. The van der Waals surface area contributed by atoms with Gasteiger partial charge in [0.2, 0.25) is 0 Å². The van der Waals surface area contributed by atoms with E-state index in [1.807, 2.05) is 18.5 Å². The number of fused-ring (bicyclic) bond motifs is 1. The van der Waals surface area contributed by atoms with Crippen LogP contribution in [0.5, 0.6) is 0 Å². The van der Waals surface area contributed by atoms with Gasteiger partial charge in [-0.1, -0.05) is 13.3 Å². The summed E-state index contributed by atoms with van der Waals surface area (Å²) in [6.07, 6.45) is 9.24. The number of aromatic nitrogens is 3. The first-order chi connectivity index (χ1) is 13.7. The molecule has 1 aromatic rings. The first-order valence-electron chi connectivity index (χ1n) is 11.3. The molecule has 2 saturated heterocycles. The van der Waals surface area contributed by atoms with E-state index >= 15 is 0 Å². The molecule has 1 aliphatic carbocycles. The molecule has 0 radical (unpaired) electrons. The van der Waals surface area contributed by atoms with E-state index in [4.69, 9.17) is 4.99 Å². The molecule has 3 fully saturated rings. The molecule has 0 aromatic carbocycles. The number of piperidine rings is 2. The summed E-state index contributed by atoms with van der Waals surface area (Å²) in [6.45, 7) is 9.38. The average Bonchev–Trinajstić information content (AvgIpc) is 3.51. The molecule has 3 aliphatic rings. The molecule has 164 valence electrons. The van der Waals surface area contributed by atoms with Crippen LogP contribution in [0.3, 0.4) is 0 Å². The van der Waals surface area contributed by atoms with Gasteiger partial charge in [0.1, 0.15) is 12.4 Å². The lowest BCUT2D eigenvalue weighted by molar-refractivity contribution is 0.0369. The van der Waals surface area contributed by atoms with Crippen LogP contribution >= 0.6 is 24.0 Å². The van der Waals surface area contributed by atoms with Gasteiger partial charge < -0.3 is 14.8 Å². The molecule has 7 nitrogen and oxygen atoms in total. The average molecular weight is 515 g/mol. The lowest BCUT2D eigenvalue weighted by Crippen LogP contribution is -2.57.